The number of nitrogens with one attached hydrogen (secondary N) is 1. The molecule has 4 rings (SSSR count). The van der Waals surface area contributed by atoms with E-state index in [0.29, 0.717) is 5.56 Å². The van der Waals surface area contributed by atoms with E-state index in [2.05, 4.69) is 21.2 Å². The van der Waals surface area contributed by atoms with E-state index in [1.165, 1.54) is 28.6 Å². The van der Waals surface area contributed by atoms with Crippen LogP contribution in [-0.2, 0) is 19.7 Å². The minimum atomic E-state index is -0.596. The lowest BCUT2D eigenvalue weighted by Crippen LogP contribution is -2.44. The number of nitrogens with zero attached hydrogens (tertiary/aromatic N) is 2. The number of amides is 2. The fourth-order valence-electron chi connectivity index (χ4n) is 3.79. The predicted molar refractivity (Wildman–Crippen MR) is 129 cm³/mol. The normalized spacial score (nSPS) is 12.9. The van der Waals surface area contributed by atoms with Crippen LogP contribution in [0.3, 0.4) is 0 Å². The van der Waals surface area contributed by atoms with E-state index >= 15 is 0 Å². The second-order valence-electron chi connectivity index (χ2n) is 7.65. The summed E-state index contributed by atoms with van der Waals surface area (Å²) < 4.78 is 20.9. The van der Waals surface area contributed by atoms with Crippen LogP contribution in [0.15, 0.2) is 57.8 Å². The molecule has 176 valence electrons. The van der Waals surface area contributed by atoms with Crippen molar-refractivity contribution in [3.05, 3.63) is 96.6 Å². The van der Waals surface area contributed by atoms with E-state index in [0.717, 1.165) is 5.56 Å². The maximum atomic E-state index is 13.6. The Morgan fingerprint density at radius 2 is 1.88 bits per heavy atom. The van der Waals surface area contributed by atoms with Gasteiger partial charge in [0.1, 0.15) is 18.1 Å². The summed E-state index contributed by atoms with van der Waals surface area (Å²) in [5.41, 5.74) is 0.884. The molecule has 34 heavy (non-hydrogen) atoms. The second-order valence-corrected chi connectivity index (χ2v) is 8.85. The zero-order valence-corrected chi connectivity index (χ0v) is 20.5. The van der Waals surface area contributed by atoms with Crippen molar-refractivity contribution in [3.8, 4) is 5.75 Å². The molecule has 3 aromatic rings. The van der Waals surface area contributed by atoms with E-state index < -0.39 is 23.1 Å². The maximum absolute atomic E-state index is 13.6. The van der Waals surface area contributed by atoms with Crippen molar-refractivity contribution in [1.29, 1.82) is 0 Å². The van der Waals surface area contributed by atoms with Crippen LogP contribution in [0.1, 0.15) is 32.1 Å². The maximum Gasteiger partial charge on any atom is 0.274 e. The molecule has 0 atom stereocenters. The molecule has 1 N–H and O–H groups in total. The quantitative estimate of drug-likeness (QED) is 0.505. The average Bonchev–Trinajstić information content (AvgIpc) is 2.84. The zero-order valence-electron chi connectivity index (χ0n) is 18.1. The first kappa shape index (κ1) is 24.0. The van der Waals surface area contributed by atoms with E-state index in [-0.39, 0.29) is 52.9 Å². The van der Waals surface area contributed by atoms with Crippen LogP contribution in [0, 0.1) is 5.82 Å². The monoisotopic (exact) mass is 547 g/mol. The van der Waals surface area contributed by atoms with Crippen molar-refractivity contribution in [1.82, 2.24) is 14.8 Å². The highest BCUT2D eigenvalue weighted by Crippen LogP contribution is 2.29. The van der Waals surface area contributed by atoms with Crippen LogP contribution < -0.4 is 15.5 Å². The third kappa shape index (κ3) is 4.58. The van der Waals surface area contributed by atoms with Gasteiger partial charge in [-0.3, -0.25) is 14.4 Å². The summed E-state index contributed by atoms with van der Waals surface area (Å²) in [5, 5.41) is 2.46. The number of hydrogen-bond donors (Lipinski definition) is 1. The number of ether oxygens (including phenoxy) is 1. The highest BCUT2D eigenvalue weighted by Gasteiger charge is 2.34. The van der Waals surface area contributed by atoms with Crippen LogP contribution >= 0.6 is 27.5 Å². The van der Waals surface area contributed by atoms with Crippen molar-refractivity contribution in [2.24, 2.45) is 0 Å². The minimum Gasteiger partial charge on any atom is -0.483 e. The number of carbonyl (C=O) groups excluding carboxylic acids is 2. The van der Waals surface area contributed by atoms with Crippen LogP contribution in [0.2, 0.25) is 5.02 Å². The first-order valence-corrected chi connectivity index (χ1v) is 11.6. The lowest BCUT2D eigenvalue weighted by atomic mass is 10.1. The Morgan fingerprint density at radius 1 is 1.15 bits per heavy atom. The molecule has 2 heterocycles. The van der Waals surface area contributed by atoms with Gasteiger partial charge in [-0.1, -0.05) is 48.0 Å². The lowest BCUT2D eigenvalue weighted by Gasteiger charge is -2.32. The largest absolute Gasteiger partial charge is 0.483 e. The standard InChI is InChI=1S/C24H20BrClFN3O4/c1-28-23(32)19-18(25)21(31)22(34-13-14-5-3-2-4-6-14)20-24(33)29(9-10-30(19)20)12-15-7-8-17(27)16(26)11-15/h2-8,11H,9-10,12-13H2,1H3,(H,28,32). The lowest BCUT2D eigenvalue weighted by molar-refractivity contribution is 0.0676. The van der Waals surface area contributed by atoms with E-state index in [9.17, 15) is 18.8 Å². The average molecular weight is 549 g/mol. The van der Waals surface area contributed by atoms with Crippen LogP contribution in [0.4, 0.5) is 4.39 Å². The Bertz CT molecular complexity index is 1330. The van der Waals surface area contributed by atoms with Crippen molar-refractivity contribution >= 4 is 39.3 Å². The Kier molecular flexibility index (Phi) is 7.04. The van der Waals surface area contributed by atoms with Gasteiger partial charge in [0.25, 0.3) is 11.8 Å². The first-order valence-electron chi connectivity index (χ1n) is 10.4. The number of carbonyl (C=O) groups is 2. The SMILES string of the molecule is CNC(=O)c1c(Br)c(=O)c(OCc2ccccc2)c2n1CCN(Cc1ccc(F)c(Cl)c1)C2=O. The van der Waals surface area contributed by atoms with Crippen LogP contribution in [-0.4, -0.2) is 34.9 Å². The van der Waals surface area contributed by atoms with Gasteiger partial charge >= 0.3 is 0 Å². The number of benzene rings is 2. The molecule has 1 aliphatic heterocycles. The van der Waals surface area contributed by atoms with Crippen LogP contribution in [0.25, 0.3) is 0 Å². The molecular weight excluding hydrogens is 529 g/mol. The first-order chi connectivity index (χ1) is 16.3. The molecule has 0 unspecified atom stereocenters. The number of halogens is 3. The second kappa shape index (κ2) is 9.99. The van der Waals surface area contributed by atoms with Gasteiger partial charge in [-0.15, -0.1) is 0 Å². The molecular formula is C24H20BrClFN3O4. The van der Waals surface area contributed by atoms with Crippen molar-refractivity contribution in [3.63, 3.8) is 0 Å². The number of aromatic nitrogens is 1. The Hall–Kier alpha value is -3.17. The van der Waals surface area contributed by atoms with E-state index in [1.807, 2.05) is 30.3 Å². The molecule has 0 aliphatic carbocycles. The van der Waals surface area contributed by atoms with Crippen LogP contribution in [0.5, 0.6) is 5.75 Å². The molecule has 0 saturated heterocycles. The number of hydrogen-bond acceptors (Lipinski definition) is 4. The highest BCUT2D eigenvalue weighted by molar-refractivity contribution is 9.10. The van der Waals surface area contributed by atoms with Gasteiger partial charge in [0.15, 0.2) is 11.4 Å². The van der Waals surface area contributed by atoms with Crippen molar-refractivity contribution < 1.29 is 18.7 Å². The summed E-state index contributed by atoms with van der Waals surface area (Å²) in [5.74, 6) is -1.69. The molecule has 10 heteroatoms. The Balaban J connectivity index is 1.77. The summed E-state index contributed by atoms with van der Waals surface area (Å²) in [7, 11) is 1.45. The summed E-state index contributed by atoms with van der Waals surface area (Å²) in [6.45, 7) is 0.726. The molecule has 2 amide bonds. The molecule has 0 radical (unpaired) electrons. The van der Waals surface area contributed by atoms with Gasteiger partial charge in [-0.05, 0) is 39.2 Å². The Morgan fingerprint density at radius 3 is 2.56 bits per heavy atom. The smallest absolute Gasteiger partial charge is 0.274 e. The van der Waals surface area contributed by atoms with Gasteiger partial charge in [0.2, 0.25) is 5.43 Å². The number of pyridine rings is 1. The van der Waals surface area contributed by atoms with E-state index in [1.54, 1.807) is 6.07 Å². The molecule has 0 bridgehead atoms. The number of fused-ring (bicyclic) bond motifs is 1. The molecule has 2 aromatic carbocycles. The van der Waals surface area contributed by atoms with Gasteiger partial charge in [0, 0.05) is 26.7 Å². The fourth-order valence-corrected chi connectivity index (χ4v) is 4.57. The Labute approximate surface area is 208 Å². The molecule has 7 nitrogen and oxygen atoms in total. The molecule has 1 aromatic heterocycles. The van der Waals surface area contributed by atoms with Gasteiger partial charge in [-0.2, -0.15) is 0 Å². The summed E-state index contributed by atoms with van der Waals surface area (Å²) in [6.07, 6.45) is 0. The van der Waals surface area contributed by atoms with Crippen molar-refractivity contribution in [2.75, 3.05) is 13.6 Å². The predicted octanol–water partition coefficient (Wildman–Crippen LogP) is 4.00. The number of rotatable bonds is 6. The molecule has 0 saturated carbocycles. The third-order valence-corrected chi connectivity index (χ3v) is 6.50. The molecule has 1 aliphatic rings. The summed E-state index contributed by atoms with van der Waals surface area (Å²) in [6, 6.07) is 13.4. The topological polar surface area (TPSA) is 80.6 Å². The molecule has 0 spiro atoms. The van der Waals surface area contributed by atoms with Gasteiger partial charge < -0.3 is 19.5 Å². The van der Waals surface area contributed by atoms with Gasteiger partial charge in [0.05, 0.1) is 9.50 Å². The molecule has 0 fully saturated rings. The highest BCUT2D eigenvalue weighted by atomic mass is 79.9. The minimum absolute atomic E-state index is 0.0119. The zero-order chi connectivity index (χ0) is 24.4. The van der Waals surface area contributed by atoms with Gasteiger partial charge in [-0.25, -0.2) is 4.39 Å². The fraction of sp³-hybridized carbons (Fsp3) is 0.208. The van der Waals surface area contributed by atoms with Crippen molar-refractivity contribution in [2.45, 2.75) is 19.7 Å². The summed E-state index contributed by atoms with van der Waals surface area (Å²) in [4.78, 5) is 40.9. The third-order valence-electron chi connectivity index (χ3n) is 5.48. The van der Waals surface area contributed by atoms with E-state index in [4.69, 9.17) is 16.3 Å². The summed E-state index contributed by atoms with van der Waals surface area (Å²) >= 11 is 9.12.